The van der Waals surface area contributed by atoms with Gasteiger partial charge in [-0.15, -0.1) is 0 Å². The fourth-order valence-corrected chi connectivity index (χ4v) is 1.52. The summed E-state index contributed by atoms with van der Waals surface area (Å²) in [7, 11) is 1.40. The van der Waals surface area contributed by atoms with Gasteiger partial charge in [-0.1, -0.05) is 0 Å². The van der Waals surface area contributed by atoms with E-state index in [4.69, 9.17) is 15.2 Å². The molecule has 0 saturated carbocycles. The molecule has 1 amide bonds. The number of carbonyl (C=O) groups excluding carboxylic acids is 3. The highest BCUT2D eigenvalue weighted by Crippen LogP contribution is 2.27. The van der Waals surface area contributed by atoms with Crippen LogP contribution >= 0.6 is 0 Å². The van der Waals surface area contributed by atoms with E-state index in [9.17, 15) is 14.4 Å². The minimum Gasteiger partial charge on any atom is -0.493 e. The van der Waals surface area contributed by atoms with Crippen LogP contribution in [0.2, 0.25) is 0 Å². The number of hydrogen-bond acceptors (Lipinski definition) is 6. The third kappa shape index (κ3) is 5.13. The lowest BCUT2D eigenvalue weighted by Gasteiger charge is -2.10. The summed E-state index contributed by atoms with van der Waals surface area (Å²) >= 11 is 0. The van der Waals surface area contributed by atoms with Crippen molar-refractivity contribution in [3.05, 3.63) is 23.8 Å². The van der Waals surface area contributed by atoms with Crippen LogP contribution in [0.1, 0.15) is 23.7 Å². The second-order valence-corrected chi connectivity index (χ2v) is 4.04. The zero-order chi connectivity index (χ0) is 15.8. The largest absolute Gasteiger partial charge is 0.493 e. The molecule has 1 aromatic carbocycles. The summed E-state index contributed by atoms with van der Waals surface area (Å²) in [6, 6.07) is 4.33. The molecule has 0 fully saturated rings. The number of benzene rings is 1. The van der Waals surface area contributed by atoms with Crippen LogP contribution in [-0.2, 0) is 14.3 Å². The van der Waals surface area contributed by atoms with Gasteiger partial charge in [-0.05, 0) is 25.1 Å². The molecular weight excluding hydrogens is 278 g/mol. The predicted octanol–water partition coefficient (Wildman–Crippen LogP) is 0.695. The van der Waals surface area contributed by atoms with Gasteiger partial charge in [0.15, 0.2) is 17.3 Å². The third-order valence-corrected chi connectivity index (χ3v) is 2.48. The van der Waals surface area contributed by atoms with Gasteiger partial charge in [0, 0.05) is 5.56 Å². The summed E-state index contributed by atoms with van der Waals surface area (Å²) in [5.74, 6) is -1.06. The van der Waals surface area contributed by atoms with E-state index in [1.165, 1.54) is 25.3 Å². The summed E-state index contributed by atoms with van der Waals surface area (Å²) in [4.78, 5) is 33.7. The van der Waals surface area contributed by atoms with Gasteiger partial charge in [0.05, 0.1) is 13.7 Å². The Labute approximate surface area is 122 Å². The van der Waals surface area contributed by atoms with Crippen molar-refractivity contribution in [2.75, 3.05) is 20.3 Å². The molecule has 7 heteroatoms. The smallest absolute Gasteiger partial charge is 0.313 e. The zero-order valence-electron chi connectivity index (χ0n) is 11.9. The van der Waals surface area contributed by atoms with E-state index in [0.29, 0.717) is 0 Å². The van der Waals surface area contributed by atoms with Crippen molar-refractivity contribution >= 4 is 17.7 Å². The van der Waals surface area contributed by atoms with E-state index in [1.807, 2.05) is 0 Å². The molecule has 0 aliphatic heterocycles. The van der Waals surface area contributed by atoms with E-state index in [0.717, 1.165) is 0 Å². The third-order valence-electron chi connectivity index (χ3n) is 2.48. The molecule has 0 heterocycles. The number of ketones is 1. The van der Waals surface area contributed by atoms with Gasteiger partial charge in [-0.2, -0.15) is 0 Å². The molecule has 7 nitrogen and oxygen atoms in total. The maximum Gasteiger partial charge on any atom is 0.313 e. The molecule has 0 atom stereocenters. The number of primary amides is 1. The number of nitrogens with two attached hydrogens (primary N) is 1. The van der Waals surface area contributed by atoms with E-state index < -0.39 is 17.7 Å². The van der Waals surface area contributed by atoms with Gasteiger partial charge in [0.25, 0.3) is 0 Å². The number of Topliss-reactive ketones (excluding diaryl/α,β-unsaturated/α-hetero) is 1. The van der Waals surface area contributed by atoms with Gasteiger partial charge in [-0.3, -0.25) is 14.4 Å². The Bertz CT molecular complexity index is 540. The molecule has 0 unspecified atom stereocenters. The standard InChI is InChI=1S/C14H17NO6/c1-3-20-13(17)7-10(16)8-21-11-5-4-9(14(15)18)6-12(11)19-2/h4-6H,3,7-8H2,1-2H3,(H2,15,18). The highest BCUT2D eigenvalue weighted by molar-refractivity contribution is 5.96. The minimum absolute atomic E-state index is 0.218. The first-order chi connectivity index (χ1) is 9.97. The van der Waals surface area contributed by atoms with Crippen LogP contribution in [0.3, 0.4) is 0 Å². The van der Waals surface area contributed by atoms with Crippen molar-refractivity contribution in [2.24, 2.45) is 5.73 Å². The molecule has 0 aliphatic carbocycles. The number of carbonyl (C=O) groups is 3. The Morgan fingerprint density at radius 1 is 1.19 bits per heavy atom. The molecule has 2 N–H and O–H groups in total. The Morgan fingerprint density at radius 3 is 2.48 bits per heavy atom. The van der Waals surface area contributed by atoms with Gasteiger partial charge >= 0.3 is 5.97 Å². The average molecular weight is 295 g/mol. The summed E-state index contributed by atoms with van der Waals surface area (Å²) in [6.45, 7) is 1.57. The lowest BCUT2D eigenvalue weighted by atomic mass is 10.2. The lowest BCUT2D eigenvalue weighted by molar-refractivity contribution is -0.145. The fourth-order valence-electron chi connectivity index (χ4n) is 1.52. The van der Waals surface area contributed by atoms with E-state index in [2.05, 4.69) is 4.74 Å². The van der Waals surface area contributed by atoms with Crippen LogP contribution in [0.5, 0.6) is 11.5 Å². The van der Waals surface area contributed by atoms with Crippen LogP contribution in [0.25, 0.3) is 0 Å². The Kier molecular flexibility index (Phi) is 6.19. The summed E-state index contributed by atoms with van der Waals surface area (Å²) < 4.78 is 15.0. The summed E-state index contributed by atoms with van der Waals surface area (Å²) in [6.07, 6.45) is -0.352. The molecule has 1 rings (SSSR count). The molecule has 0 aliphatic rings. The van der Waals surface area contributed by atoms with Crippen LogP contribution in [0, 0.1) is 0 Å². The Hall–Kier alpha value is -2.57. The first-order valence-electron chi connectivity index (χ1n) is 6.25. The van der Waals surface area contributed by atoms with E-state index >= 15 is 0 Å². The first kappa shape index (κ1) is 16.5. The number of rotatable bonds is 8. The molecule has 0 spiro atoms. The van der Waals surface area contributed by atoms with Gasteiger partial charge in [0.2, 0.25) is 5.91 Å². The zero-order valence-corrected chi connectivity index (χ0v) is 11.9. The molecule has 0 radical (unpaired) electrons. The van der Waals surface area contributed by atoms with Crippen molar-refractivity contribution in [1.29, 1.82) is 0 Å². The van der Waals surface area contributed by atoms with Crippen LogP contribution < -0.4 is 15.2 Å². The van der Waals surface area contributed by atoms with Crippen molar-refractivity contribution in [3.8, 4) is 11.5 Å². The SMILES string of the molecule is CCOC(=O)CC(=O)COc1ccc(C(N)=O)cc1OC. The number of ether oxygens (including phenoxy) is 3. The summed E-state index contributed by atoms with van der Waals surface area (Å²) in [5, 5.41) is 0. The summed E-state index contributed by atoms with van der Waals surface area (Å²) in [5.41, 5.74) is 5.41. The van der Waals surface area contributed by atoms with E-state index in [1.54, 1.807) is 6.92 Å². The monoisotopic (exact) mass is 295 g/mol. The molecule has 1 aromatic rings. The number of esters is 1. The van der Waals surface area contributed by atoms with Crippen molar-refractivity contribution in [3.63, 3.8) is 0 Å². The second-order valence-electron chi connectivity index (χ2n) is 4.04. The van der Waals surface area contributed by atoms with Crippen LogP contribution in [0.15, 0.2) is 18.2 Å². The molecule has 114 valence electrons. The highest BCUT2D eigenvalue weighted by Gasteiger charge is 2.13. The number of hydrogen-bond donors (Lipinski definition) is 1. The number of amides is 1. The molecule has 0 bridgehead atoms. The maximum atomic E-state index is 11.5. The van der Waals surface area contributed by atoms with E-state index in [-0.39, 0.29) is 36.7 Å². The number of methoxy groups -OCH3 is 1. The molecule has 0 saturated heterocycles. The van der Waals surface area contributed by atoms with Gasteiger partial charge in [-0.25, -0.2) is 0 Å². The quantitative estimate of drug-likeness (QED) is 0.559. The topological polar surface area (TPSA) is 105 Å². The minimum atomic E-state index is -0.599. The molecule has 0 aromatic heterocycles. The van der Waals surface area contributed by atoms with Gasteiger partial charge < -0.3 is 19.9 Å². The first-order valence-corrected chi connectivity index (χ1v) is 6.25. The predicted molar refractivity (Wildman–Crippen MR) is 73.3 cm³/mol. The lowest BCUT2D eigenvalue weighted by Crippen LogP contribution is -2.18. The van der Waals surface area contributed by atoms with Crippen LogP contribution in [0.4, 0.5) is 0 Å². The molecular formula is C14H17NO6. The fraction of sp³-hybridized carbons (Fsp3) is 0.357. The normalized spacial score (nSPS) is 9.81. The Balaban J connectivity index is 2.64. The second kappa shape index (κ2) is 7.88. The van der Waals surface area contributed by atoms with Crippen LogP contribution in [-0.4, -0.2) is 38.0 Å². The van der Waals surface area contributed by atoms with Crippen molar-refractivity contribution in [1.82, 2.24) is 0 Å². The average Bonchev–Trinajstić information content (AvgIpc) is 2.44. The van der Waals surface area contributed by atoms with Crippen molar-refractivity contribution in [2.45, 2.75) is 13.3 Å². The molecule has 21 heavy (non-hydrogen) atoms. The maximum absolute atomic E-state index is 11.5. The van der Waals surface area contributed by atoms with Crippen molar-refractivity contribution < 1.29 is 28.6 Å². The highest BCUT2D eigenvalue weighted by atomic mass is 16.5. The Morgan fingerprint density at radius 2 is 1.90 bits per heavy atom. The van der Waals surface area contributed by atoms with Gasteiger partial charge in [0.1, 0.15) is 13.0 Å².